The average molecular weight is 576 g/mol. The van der Waals surface area contributed by atoms with Gasteiger partial charge in [-0.25, -0.2) is 4.57 Å². The zero-order chi connectivity index (χ0) is 27.1. The van der Waals surface area contributed by atoms with Crippen LogP contribution in [0, 0.1) is 0 Å². The van der Waals surface area contributed by atoms with Crippen molar-refractivity contribution in [3.63, 3.8) is 0 Å². The van der Waals surface area contributed by atoms with E-state index in [0.717, 1.165) is 12.3 Å². The Kier molecular flexibility index (Phi) is 9.30. The van der Waals surface area contributed by atoms with Crippen molar-refractivity contribution in [2.24, 2.45) is 0 Å². The van der Waals surface area contributed by atoms with Crippen molar-refractivity contribution in [2.75, 3.05) is 17.3 Å². The Morgan fingerprint density at radius 3 is 1.85 bits per heavy atom. The maximum atomic E-state index is 11.1. The first-order chi connectivity index (χ1) is 19.0. The summed E-state index contributed by atoms with van der Waals surface area (Å²) in [6, 6.07) is 38.0. The summed E-state index contributed by atoms with van der Waals surface area (Å²) in [5.41, 5.74) is 8.38. The fourth-order valence-electron chi connectivity index (χ4n) is 4.59. The summed E-state index contributed by atoms with van der Waals surface area (Å²) in [5, 5.41) is 0. The van der Waals surface area contributed by atoms with Crippen molar-refractivity contribution in [2.45, 2.75) is 18.7 Å². The van der Waals surface area contributed by atoms with E-state index in [4.69, 9.17) is 14.3 Å². The topological polar surface area (TPSA) is 70.0 Å². The molecule has 2 N–H and O–H groups in total. The predicted octanol–water partition coefficient (Wildman–Crippen LogP) is 8.22. The number of phosphoric ester groups is 1. The summed E-state index contributed by atoms with van der Waals surface area (Å²) in [6.07, 6.45) is 0.530. The van der Waals surface area contributed by atoms with E-state index in [1.807, 2.05) is 12.1 Å². The van der Waals surface area contributed by atoms with E-state index < -0.39 is 7.82 Å². The molecule has 200 valence electrons. The van der Waals surface area contributed by atoms with E-state index in [0.29, 0.717) is 12.2 Å². The van der Waals surface area contributed by atoms with Crippen LogP contribution in [0.2, 0.25) is 0 Å². The van der Waals surface area contributed by atoms with Crippen molar-refractivity contribution >= 4 is 48.3 Å². The zero-order valence-electron chi connectivity index (χ0n) is 21.3. The van der Waals surface area contributed by atoms with Gasteiger partial charge in [0.1, 0.15) is 0 Å². The van der Waals surface area contributed by atoms with Gasteiger partial charge >= 0.3 is 7.82 Å². The Morgan fingerprint density at radius 2 is 1.26 bits per heavy atom. The number of nitrogens with zero attached hydrogens (tertiary/aromatic N) is 1. The number of phosphoric acid groups is 1. The molecule has 39 heavy (non-hydrogen) atoms. The molecule has 0 unspecified atom stereocenters. The van der Waals surface area contributed by atoms with Crippen molar-refractivity contribution in [1.29, 1.82) is 0 Å². The molecule has 1 aliphatic heterocycles. The monoisotopic (exact) mass is 575 g/mol. The zero-order valence-corrected chi connectivity index (χ0v) is 23.9. The lowest BCUT2D eigenvalue weighted by atomic mass is 9.91. The molecule has 4 aromatic rings. The van der Waals surface area contributed by atoms with E-state index in [2.05, 4.69) is 102 Å². The van der Waals surface area contributed by atoms with Gasteiger partial charge in [-0.05, 0) is 29.7 Å². The smallest absolute Gasteiger partial charge is 0.336 e. The van der Waals surface area contributed by atoms with E-state index in [9.17, 15) is 4.57 Å². The second kappa shape index (κ2) is 13.1. The minimum Gasteiger partial charge on any atom is -0.336 e. The molecule has 5 rings (SSSR count). The quantitative estimate of drug-likeness (QED) is 0.138. The fourth-order valence-corrected chi connectivity index (χ4v) is 7.38. The molecule has 0 spiro atoms. The van der Waals surface area contributed by atoms with Crippen LogP contribution in [-0.4, -0.2) is 22.1 Å². The van der Waals surface area contributed by atoms with Crippen LogP contribution >= 0.6 is 31.3 Å². The van der Waals surface area contributed by atoms with Gasteiger partial charge in [0, 0.05) is 50.4 Å². The number of anilines is 2. The third-order valence-electron chi connectivity index (χ3n) is 6.31. The van der Waals surface area contributed by atoms with Gasteiger partial charge < -0.3 is 14.7 Å². The SMILES string of the molecule is O=P(O)(O)OCCCSC(SCc1ccccc1)=C1c2ccccc2N(Cc2ccccc2)c2ccccc21. The first-order valence-electron chi connectivity index (χ1n) is 12.7. The highest BCUT2D eigenvalue weighted by molar-refractivity contribution is 8.22. The second-order valence-electron chi connectivity index (χ2n) is 9.07. The molecule has 4 aromatic carbocycles. The second-order valence-corrected chi connectivity index (χ2v) is 12.7. The third kappa shape index (κ3) is 7.25. The molecule has 0 amide bonds. The van der Waals surface area contributed by atoms with Crippen LogP contribution in [0.15, 0.2) is 113 Å². The Balaban J connectivity index is 1.53. The third-order valence-corrected chi connectivity index (χ3v) is 9.44. The van der Waals surface area contributed by atoms with Crippen LogP contribution in [0.4, 0.5) is 11.4 Å². The number of fused-ring (bicyclic) bond motifs is 2. The van der Waals surface area contributed by atoms with Crippen LogP contribution in [0.1, 0.15) is 28.7 Å². The number of hydrogen-bond acceptors (Lipinski definition) is 5. The molecule has 1 heterocycles. The molecule has 0 saturated carbocycles. The van der Waals surface area contributed by atoms with Gasteiger partial charge in [-0.2, -0.15) is 0 Å². The molecular weight excluding hydrogens is 545 g/mol. The molecule has 5 nitrogen and oxygen atoms in total. The molecule has 0 aromatic heterocycles. The van der Waals surface area contributed by atoms with Gasteiger partial charge in [0.2, 0.25) is 0 Å². The molecule has 1 aliphatic rings. The fraction of sp³-hybridized carbons (Fsp3) is 0.161. The highest BCUT2D eigenvalue weighted by atomic mass is 32.2. The largest absolute Gasteiger partial charge is 0.469 e. The lowest BCUT2D eigenvalue weighted by Crippen LogP contribution is -2.22. The Hall–Kier alpha value is -2.77. The van der Waals surface area contributed by atoms with E-state index in [-0.39, 0.29) is 6.61 Å². The summed E-state index contributed by atoms with van der Waals surface area (Å²) in [6.45, 7) is 0.781. The van der Waals surface area contributed by atoms with Gasteiger partial charge in [0.25, 0.3) is 0 Å². The van der Waals surface area contributed by atoms with Crippen molar-refractivity contribution in [1.82, 2.24) is 0 Å². The van der Waals surface area contributed by atoms with Crippen molar-refractivity contribution in [3.8, 4) is 0 Å². The Bertz CT molecular complexity index is 1420. The number of hydrogen-bond donors (Lipinski definition) is 2. The normalized spacial score (nSPS) is 12.7. The van der Waals surface area contributed by atoms with Crippen molar-refractivity contribution < 1.29 is 18.9 Å². The molecular formula is C31H30NO4PS2. The van der Waals surface area contributed by atoms with Gasteiger partial charge in [0.15, 0.2) is 0 Å². The Morgan fingerprint density at radius 1 is 0.718 bits per heavy atom. The summed E-state index contributed by atoms with van der Waals surface area (Å²) >= 11 is 3.53. The number of benzene rings is 4. The molecule has 8 heteroatoms. The van der Waals surface area contributed by atoms with Crippen molar-refractivity contribution in [3.05, 3.63) is 136 Å². The van der Waals surface area contributed by atoms with Crippen LogP contribution in [0.3, 0.4) is 0 Å². The first kappa shape index (κ1) is 27.8. The minimum absolute atomic E-state index is 0.0151. The highest BCUT2D eigenvalue weighted by Gasteiger charge is 2.28. The Labute approximate surface area is 238 Å². The molecule has 0 radical (unpaired) electrons. The van der Waals surface area contributed by atoms with Gasteiger partial charge in [-0.3, -0.25) is 4.52 Å². The van der Waals surface area contributed by atoms with Gasteiger partial charge in [0.05, 0.1) is 6.61 Å². The van der Waals surface area contributed by atoms with E-state index in [1.165, 1.54) is 43.4 Å². The van der Waals surface area contributed by atoms with Crippen LogP contribution in [0.25, 0.3) is 5.57 Å². The molecule has 0 bridgehead atoms. The summed E-state index contributed by atoms with van der Waals surface area (Å²) in [5.74, 6) is 1.50. The molecule has 0 fully saturated rings. The number of para-hydroxylation sites is 2. The molecule has 0 aliphatic carbocycles. The van der Waals surface area contributed by atoms with Gasteiger partial charge in [-0.15, -0.1) is 23.5 Å². The lowest BCUT2D eigenvalue weighted by Gasteiger charge is -2.35. The minimum atomic E-state index is -4.46. The summed E-state index contributed by atoms with van der Waals surface area (Å²) in [7, 11) is -4.46. The highest BCUT2D eigenvalue weighted by Crippen LogP contribution is 2.51. The number of rotatable bonds is 11. The lowest BCUT2D eigenvalue weighted by molar-refractivity contribution is 0.198. The number of thioether (sulfide) groups is 2. The maximum absolute atomic E-state index is 11.1. The standard InChI is InChI=1S/C31H30NO4PS2/c33-37(34,35)36-20-11-21-38-31(39-23-25-14-5-2-6-15-25)30-26-16-7-9-18-28(26)32(22-24-12-3-1-4-13-24)29-19-10-8-17-27(29)30/h1-10,12-19H,11,20-23H2,(H2,33,34,35). The van der Waals surface area contributed by atoms with Gasteiger partial charge in [-0.1, -0.05) is 97.1 Å². The summed E-state index contributed by atoms with van der Waals surface area (Å²) in [4.78, 5) is 20.5. The van der Waals surface area contributed by atoms with Crippen LogP contribution in [-0.2, 0) is 21.4 Å². The molecule has 0 saturated heterocycles. The van der Waals surface area contributed by atoms with Crippen LogP contribution < -0.4 is 4.90 Å². The van der Waals surface area contributed by atoms with E-state index >= 15 is 0 Å². The maximum Gasteiger partial charge on any atom is 0.469 e. The van der Waals surface area contributed by atoms with E-state index in [1.54, 1.807) is 23.5 Å². The summed E-state index contributed by atoms with van der Waals surface area (Å²) < 4.78 is 17.0. The molecule has 0 atom stereocenters. The predicted molar refractivity (Wildman–Crippen MR) is 164 cm³/mol. The van der Waals surface area contributed by atoms with Crippen LogP contribution in [0.5, 0.6) is 0 Å². The first-order valence-corrected chi connectivity index (χ1v) is 16.2. The average Bonchev–Trinajstić information content (AvgIpc) is 2.95.